The van der Waals surface area contributed by atoms with Gasteiger partial charge in [-0.25, -0.2) is 0 Å². The number of nitrogens with one attached hydrogen (secondary N) is 2. The van der Waals surface area contributed by atoms with Crippen LogP contribution in [0.3, 0.4) is 0 Å². The smallest absolute Gasteiger partial charge is 0.243 e. The summed E-state index contributed by atoms with van der Waals surface area (Å²) in [6.45, 7) is 4.23. The molecule has 2 saturated heterocycles. The van der Waals surface area contributed by atoms with Crippen LogP contribution in [-0.2, 0) is 16.1 Å². The minimum absolute atomic E-state index is 0.118. The van der Waals surface area contributed by atoms with Crippen molar-refractivity contribution < 1.29 is 9.53 Å². The first-order chi connectivity index (χ1) is 15.7. The van der Waals surface area contributed by atoms with Gasteiger partial charge in [-0.2, -0.15) is 0 Å². The maximum atomic E-state index is 12.4. The van der Waals surface area contributed by atoms with Crippen LogP contribution in [0.4, 0.5) is 5.69 Å². The molecule has 0 bridgehead atoms. The summed E-state index contributed by atoms with van der Waals surface area (Å²) in [5.74, 6) is 3.12. The molecule has 2 aliphatic heterocycles. The monoisotopic (exact) mass is 431 g/mol. The Morgan fingerprint density at radius 3 is 2.84 bits per heavy atom. The topological polar surface area (TPSA) is 69.2 Å². The number of nitrogens with zero attached hydrogens (tertiary/aromatic N) is 3. The Kier molecular flexibility index (Phi) is 7.05. The number of fused-ring (bicyclic) bond motifs is 1. The zero-order chi connectivity index (χ0) is 22.3. The summed E-state index contributed by atoms with van der Waals surface area (Å²) in [4.78, 5) is 21.5. The van der Waals surface area contributed by atoms with Crippen LogP contribution in [0.1, 0.15) is 11.1 Å². The molecule has 2 fully saturated rings. The minimum atomic E-state index is -0.154. The number of ether oxygens (including phenoxy) is 1. The second-order valence-corrected chi connectivity index (χ2v) is 8.01. The highest BCUT2D eigenvalue weighted by Gasteiger charge is 2.41. The van der Waals surface area contributed by atoms with Crippen LogP contribution in [0.5, 0.6) is 0 Å². The molecule has 166 valence electrons. The SMILES string of the molecule is C#Cc1cccc(NC(=O)CNC(=NC)N2CC3OCCN(Cc4ccccc4)C3C2)c1. The number of carbonyl (C=O) groups is 1. The summed E-state index contributed by atoms with van der Waals surface area (Å²) < 4.78 is 6.06. The fourth-order valence-corrected chi connectivity index (χ4v) is 4.33. The molecule has 2 aromatic carbocycles. The lowest BCUT2D eigenvalue weighted by atomic mass is 10.1. The molecular formula is C25H29N5O2. The van der Waals surface area contributed by atoms with Crippen LogP contribution in [0.2, 0.25) is 0 Å². The number of hydrogen-bond acceptors (Lipinski definition) is 4. The van der Waals surface area contributed by atoms with Crippen LogP contribution in [0.15, 0.2) is 59.6 Å². The molecule has 1 amide bonds. The lowest BCUT2D eigenvalue weighted by Crippen LogP contribution is -2.50. The summed E-state index contributed by atoms with van der Waals surface area (Å²) in [6, 6.07) is 18.1. The van der Waals surface area contributed by atoms with Gasteiger partial charge >= 0.3 is 0 Å². The molecule has 7 nitrogen and oxygen atoms in total. The normalized spacial score (nSPS) is 21.0. The fraction of sp³-hybridized carbons (Fsp3) is 0.360. The van der Waals surface area contributed by atoms with E-state index in [1.165, 1.54) is 5.56 Å². The van der Waals surface area contributed by atoms with Crippen LogP contribution in [0.25, 0.3) is 0 Å². The first kappa shape index (κ1) is 21.9. The van der Waals surface area contributed by atoms with E-state index < -0.39 is 0 Å². The van der Waals surface area contributed by atoms with E-state index in [4.69, 9.17) is 11.2 Å². The Morgan fingerprint density at radius 1 is 1.22 bits per heavy atom. The van der Waals surface area contributed by atoms with Crippen LogP contribution >= 0.6 is 0 Å². The first-order valence-corrected chi connectivity index (χ1v) is 10.9. The molecule has 2 unspecified atom stereocenters. The van der Waals surface area contributed by atoms with Gasteiger partial charge in [-0.1, -0.05) is 42.3 Å². The molecule has 2 N–H and O–H groups in total. The first-order valence-electron chi connectivity index (χ1n) is 10.9. The lowest BCUT2D eigenvalue weighted by molar-refractivity contribution is -0.115. The average Bonchev–Trinajstić information content (AvgIpc) is 3.25. The summed E-state index contributed by atoms with van der Waals surface area (Å²) >= 11 is 0. The number of carbonyl (C=O) groups excluding carboxylic acids is 1. The van der Waals surface area contributed by atoms with Crippen LogP contribution < -0.4 is 10.6 Å². The van der Waals surface area contributed by atoms with Gasteiger partial charge in [-0.05, 0) is 23.8 Å². The van der Waals surface area contributed by atoms with Crippen LogP contribution in [0, 0.1) is 12.3 Å². The lowest BCUT2D eigenvalue weighted by Gasteiger charge is -2.36. The number of terminal acetylenes is 1. The molecule has 0 aromatic heterocycles. The molecule has 2 heterocycles. The highest BCUT2D eigenvalue weighted by atomic mass is 16.5. The van der Waals surface area contributed by atoms with E-state index in [9.17, 15) is 4.79 Å². The Labute approximate surface area is 189 Å². The van der Waals surface area contributed by atoms with Crippen molar-refractivity contribution >= 4 is 17.6 Å². The number of likely N-dealkylation sites (tertiary alicyclic amines) is 1. The minimum Gasteiger partial charge on any atom is -0.373 e. The highest BCUT2D eigenvalue weighted by Crippen LogP contribution is 2.24. The van der Waals surface area contributed by atoms with Crippen molar-refractivity contribution in [3.63, 3.8) is 0 Å². The van der Waals surface area contributed by atoms with Crippen molar-refractivity contribution in [2.24, 2.45) is 4.99 Å². The van der Waals surface area contributed by atoms with Crippen molar-refractivity contribution in [3.05, 3.63) is 65.7 Å². The quantitative estimate of drug-likeness (QED) is 0.429. The van der Waals surface area contributed by atoms with Gasteiger partial charge < -0.3 is 20.3 Å². The second kappa shape index (κ2) is 10.3. The predicted octanol–water partition coefficient (Wildman–Crippen LogP) is 1.77. The van der Waals surface area contributed by atoms with Gasteiger partial charge in [0, 0.05) is 44.5 Å². The maximum absolute atomic E-state index is 12.4. The summed E-state index contributed by atoms with van der Waals surface area (Å²) in [5.41, 5.74) is 2.71. The zero-order valence-corrected chi connectivity index (χ0v) is 18.3. The molecule has 7 heteroatoms. The third kappa shape index (κ3) is 5.28. The van der Waals surface area contributed by atoms with Gasteiger partial charge in [0.25, 0.3) is 0 Å². The summed E-state index contributed by atoms with van der Waals surface area (Å²) in [6.07, 6.45) is 5.56. The maximum Gasteiger partial charge on any atom is 0.243 e. The van der Waals surface area contributed by atoms with Gasteiger partial charge in [-0.15, -0.1) is 6.42 Å². The average molecular weight is 432 g/mol. The van der Waals surface area contributed by atoms with Crippen molar-refractivity contribution in [3.8, 4) is 12.3 Å². The molecule has 4 rings (SSSR count). The Balaban J connectivity index is 1.32. The van der Waals surface area contributed by atoms with Gasteiger partial charge in [0.1, 0.15) is 0 Å². The molecule has 0 spiro atoms. The van der Waals surface area contributed by atoms with E-state index in [0.717, 1.165) is 38.3 Å². The molecule has 0 radical (unpaired) electrons. The fourth-order valence-electron chi connectivity index (χ4n) is 4.33. The summed E-state index contributed by atoms with van der Waals surface area (Å²) in [5, 5.41) is 6.05. The van der Waals surface area contributed by atoms with E-state index in [-0.39, 0.29) is 18.6 Å². The number of aliphatic imine (C=N–C) groups is 1. The van der Waals surface area contributed by atoms with Gasteiger partial charge in [0.15, 0.2) is 5.96 Å². The number of anilines is 1. The molecule has 0 saturated carbocycles. The van der Waals surface area contributed by atoms with E-state index >= 15 is 0 Å². The molecular weight excluding hydrogens is 402 g/mol. The molecule has 2 aromatic rings. The van der Waals surface area contributed by atoms with Crippen LogP contribution in [-0.4, -0.2) is 73.6 Å². The number of hydrogen-bond donors (Lipinski definition) is 2. The highest BCUT2D eigenvalue weighted by molar-refractivity contribution is 5.95. The Hall–Kier alpha value is -3.34. The zero-order valence-electron chi connectivity index (χ0n) is 18.3. The molecule has 2 atom stereocenters. The summed E-state index contributed by atoms with van der Waals surface area (Å²) in [7, 11) is 1.74. The van der Waals surface area contributed by atoms with E-state index in [1.54, 1.807) is 13.1 Å². The number of benzene rings is 2. The molecule has 0 aliphatic carbocycles. The molecule has 2 aliphatic rings. The number of morpholine rings is 1. The van der Waals surface area contributed by atoms with Crippen molar-refractivity contribution in [2.75, 3.05) is 45.2 Å². The number of guanidine groups is 1. The van der Waals surface area contributed by atoms with Crippen molar-refractivity contribution in [1.82, 2.24) is 15.1 Å². The standard InChI is InChI=1S/C25H29N5O2/c1-3-19-10-7-11-21(14-19)28-24(31)15-27-25(26-2)30-17-22-23(18-30)32-13-12-29(22)16-20-8-5-4-6-9-20/h1,4-11,14,22-23H,12-13,15-18H2,2H3,(H,26,27)(H,28,31). The Morgan fingerprint density at radius 2 is 2.06 bits per heavy atom. The van der Waals surface area contributed by atoms with E-state index in [1.807, 2.05) is 24.3 Å². The Bertz CT molecular complexity index is 1000. The van der Waals surface area contributed by atoms with Gasteiger partial charge in [0.2, 0.25) is 5.91 Å². The second-order valence-electron chi connectivity index (χ2n) is 8.01. The predicted molar refractivity (Wildman–Crippen MR) is 126 cm³/mol. The number of rotatable bonds is 5. The number of amides is 1. The van der Waals surface area contributed by atoms with Gasteiger partial charge in [0.05, 0.1) is 25.3 Å². The largest absolute Gasteiger partial charge is 0.373 e. The van der Waals surface area contributed by atoms with Gasteiger partial charge in [-0.3, -0.25) is 14.7 Å². The van der Waals surface area contributed by atoms with E-state index in [0.29, 0.717) is 17.7 Å². The van der Waals surface area contributed by atoms with Crippen molar-refractivity contribution in [2.45, 2.75) is 18.7 Å². The van der Waals surface area contributed by atoms with Crippen molar-refractivity contribution in [1.29, 1.82) is 0 Å². The third-order valence-corrected chi connectivity index (χ3v) is 5.88. The van der Waals surface area contributed by atoms with E-state index in [2.05, 4.69) is 55.6 Å². The molecule has 32 heavy (non-hydrogen) atoms. The third-order valence-electron chi connectivity index (χ3n) is 5.88.